The van der Waals surface area contributed by atoms with Gasteiger partial charge in [-0.2, -0.15) is 0 Å². The van der Waals surface area contributed by atoms with Gasteiger partial charge in [-0.3, -0.25) is 14.4 Å². The summed E-state index contributed by atoms with van der Waals surface area (Å²) in [6, 6.07) is 11.3. The number of ether oxygens (including phenoxy) is 1. The van der Waals surface area contributed by atoms with Crippen LogP contribution in [0.25, 0.3) is 0 Å². The number of hydrogen-bond donors (Lipinski definition) is 1. The lowest BCUT2D eigenvalue weighted by atomic mass is 9.70. The fourth-order valence-corrected chi connectivity index (χ4v) is 7.27. The Morgan fingerprint density at radius 3 is 2.24 bits per heavy atom. The molecule has 3 aliphatic rings. The van der Waals surface area contributed by atoms with Gasteiger partial charge >= 0.3 is 0 Å². The highest BCUT2D eigenvalue weighted by Crippen LogP contribution is 2.52. The van der Waals surface area contributed by atoms with E-state index in [4.69, 9.17) is 4.74 Å². The summed E-state index contributed by atoms with van der Waals surface area (Å²) in [5, 5.41) is 2.91. The van der Waals surface area contributed by atoms with Crippen molar-refractivity contribution in [2.24, 2.45) is 0 Å². The van der Waals surface area contributed by atoms with Crippen molar-refractivity contribution in [3.8, 4) is 5.75 Å². The van der Waals surface area contributed by atoms with Crippen LogP contribution in [0.4, 0.5) is 5.69 Å². The molecule has 0 saturated carbocycles. The van der Waals surface area contributed by atoms with E-state index >= 15 is 0 Å². The highest BCUT2D eigenvalue weighted by atomic mass is 79.9. The zero-order valence-electron chi connectivity index (χ0n) is 21.5. The summed E-state index contributed by atoms with van der Waals surface area (Å²) in [6.07, 6.45) is 4.16. The molecule has 6 nitrogen and oxygen atoms in total. The maximum Gasteiger partial charge on any atom is 0.262 e. The lowest BCUT2D eigenvalue weighted by molar-refractivity contribution is -0.119. The SMILES string of the molecule is CCN1C2=C(C(=O)CCC2)C(c2cc(Br)cc(Br)c2OCC(=O)Nc2ccccc2C)C2=C1CCCC2=O. The van der Waals surface area contributed by atoms with E-state index in [0.29, 0.717) is 34.2 Å². The fraction of sp³-hybridized carbons (Fsp3) is 0.367. The van der Waals surface area contributed by atoms with Crippen molar-refractivity contribution in [1.82, 2.24) is 4.90 Å². The Labute approximate surface area is 239 Å². The monoisotopic (exact) mass is 640 g/mol. The third kappa shape index (κ3) is 5.00. The van der Waals surface area contributed by atoms with Gasteiger partial charge in [0.05, 0.1) is 4.47 Å². The number of carbonyl (C=O) groups is 3. The van der Waals surface area contributed by atoms with Gasteiger partial charge < -0.3 is 15.0 Å². The molecule has 0 bridgehead atoms. The van der Waals surface area contributed by atoms with Gasteiger partial charge in [-0.1, -0.05) is 34.1 Å². The number of nitrogens with zero attached hydrogens (tertiary/aromatic N) is 1. The average Bonchev–Trinajstić information content (AvgIpc) is 2.88. The molecule has 0 atom stereocenters. The van der Waals surface area contributed by atoms with Crippen molar-refractivity contribution < 1.29 is 19.1 Å². The molecular formula is C30H30Br2N2O4. The van der Waals surface area contributed by atoms with E-state index in [2.05, 4.69) is 49.0 Å². The van der Waals surface area contributed by atoms with E-state index in [0.717, 1.165) is 64.9 Å². The Morgan fingerprint density at radius 2 is 1.63 bits per heavy atom. The first kappa shape index (κ1) is 26.9. The molecule has 5 rings (SSSR count). The van der Waals surface area contributed by atoms with Crippen LogP contribution in [0.1, 0.15) is 62.5 Å². The van der Waals surface area contributed by atoms with Crippen molar-refractivity contribution in [3.63, 3.8) is 0 Å². The van der Waals surface area contributed by atoms with Crippen LogP contribution in [0, 0.1) is 6.92 Å². The smallest absolute Gasteiger partial charge is 0.262 e. The van der Waals surface area contributed by atoms with Gasteiger partial charge in [0, 0.05) is 63.6 Å². The van der Waals surface area contributed by atoms with Crippen molar-refractivity contribution in [2.75, 3.05) is 18.5 Å². The van der Waals surface area contributed by atoms with Gasteiger partial charge in [-0.05, 0) is 79.2 Å². The first-order chi connectivity index (χ1) is 18.3. The number of aryl methyl sites for hydroxylation is 1. The summed E-state index contributed by atoms with van der Waals surface area (Å²) < 4.78 is 7.62. The Balaban J connectivity index is 1.58. The zero-order valence-corrected chi connectivity index (χ0v) is 24.7. The zero-order chi connectivity index (χ0) is 27.0. The number of rotatable bonds is 6. The van der Waals surface area contributed by atoms with Gasteiger partial charge in [-0.15, -0.1) is 0 Å². The van der Waals surface area contributed by atoms with Gasteiger partial charge in [0.25, 0.3) is 5.91 Å². The molecule has 0 fully saturated rings. The number of nitrogens with one attached hydrogen (secondary N) is 1. The summed E-state index contributed by atoms with van der Waals surface area (Å²) in [7, 11) is 0. The number of benzene rings is 2. The fourth-order valence-electron chi connectivity index (χ4n) is 5.89. The first-order valence-electron chi connectivity index (χ1n) is 13.1. The second-order valence-corrected chi connectivity index (χ2v) is 11.7. The van der Waals surface area contributed by atoms with E-state index in [1.807, 2.05) is 43.3 Å². The molecule has 0 spiro atoms. The molecule has 1 aliphatic heterocycles. The van der Waals surface area contributed by atoms with E-state index < -0.39 is 5.92 Å². The minimum Gasteiger partial charge on any atom is -0.482 e. The predicted octanol–water partition coefficient (Wildman–Crippen LogP) is 6.97. The largest absolute Gasteiger partial charge is 0.482 e. The van der Waals surface area contributed by atoms with Gasteiger partial charge in [0.1, 0.15) is 5.75 Å². The lowest BCUT2D eigenvalue weighted by Gasteiger charge is -2.43. The van der Waals surface area contributed by atoms with Crippen LogP contribution in [0.2, 0.25) is 0 Å². The van der Waals surface area contributed by atoms with Crippen molar-refractivity contribution in [2.45, 2.75) is 58.3 Å². The van der Waals surface area contributed by atoms with E-state index in [1.54, 1.807) is 0 Å². The molecule has 2 aromatic rings. The summed E-state index contributed by atoms with van der Waals surface area (Å²) in [6.45, 7) is 4.51. The molecule has 0 aromatic heterocycles. The highest BCUT2D eigenvalue weighted by Gasteiger charge is 2.44. The molecule has 0 unspecified atom stereocenters. The third-order valence-corrected chi connectivity index (χ3v) is 8.56. The van der Waals surface area contributed by atoms with Crippen LogP contribution in [0.3, 0.4) is 0 Å². The van der Waals surface area contributed by atoms with Crippen LogP contribution in [-0.4, -0.2) is 35.5 Å². The molecule has 1 amide bonds. The molecule has 2 aliphatic carbocycles. The molecule has 2 aromatic carbocycles. The Bertz CT molecular complexity index is 1350. The van der Waals surface area contributed by atoms with E-state index in [-0.39, 0.29) is 24.1 Å². The number of carbonyl (C=O) groups excluding carboxylic acids is 3. The number of amides is 1. The Hall–Kier alpha value is -2.71. The van der Waals surface area contributed by atoms with Gasteiger partial charge in [0.2, 0.25) is 0 Å². The van der Waals surface area contributed by atoms with Crippen LogP contribution in [-0.2, 0) is 14.4 Å². The predicted molar refractivity (Wildman–Crippen MR) is 154 cm³/mol. The molecular weight excluding hydrogens is 612 g/mol. The molecule has 1 N–H and O–H groups in total. The quantitative estimate of drug-likeness (QED) is 0.369. The maximum absolute atomic E-state index is 13.5. The average molecular weight is 642 g/mol. The Kier molecular flexibility index (Phi) is 7.91. The molecule has 198 valence electrons. The normalized spacial score (nSPS) is 17.9. The minimum absolute atomic E-state index is 0.0824. The molecule has 0 saturated heterocycles. The number of para-hydroxylation sites is 1. The lowest BCUT2D eigenvalue weighted by Crippen LogP contribution is -2.39. The summed E-state index contributed by atoms with van der Waals surface area (Å²) in [4.78, 5) is 42.0. The second-order valence-electron chi connectivity index (χ2n) is 9.91. The van der Waals surface area contributed by atoms with Crippen molar-refractivity contribution in [1.29, 1.82) is 0 Å². The number of anilines is 1. The van der Waals surface area contributed by atoms with Gasteiger partial charge in [0.15, 0.2) is 18.2 Å². The van der Waals surface area contributed by atoms with Crippen LogP contribution < -0.4 is 10.1 Å². The number of Topliss-reactive ketones (excluding diaryl/α,β-unsaturated/α-hetero) is 2. The number of hydrogen-bond acceptors (Lipinski definition) is 5. The third-order valence-electron chi connectivity index (χ3n) is 7.52. The summed E-state index contributed by atoms with van der Waals surface area (Å²) in [5.74, 6) is -0.175. The summed E-state index contributed by atoms with van der Waals surface area (Å²) in [5.41, 5.74) is 5.87. The second kappa shape index (κ2) is 11.2. The van der Waals surface area contributed by atoms with Crippen LogP contribution in [0.15, 0.2) is 67.9 Å². The number of allylic oxidation sites excluding steroid dienone is 4. The summed E-state index contributed by atoms with van der Waals surface area (Å²) >= 11 is 7.23. The molecule has 8 heteroatoms. The highest BCUT2D eigenvalue weighted by molar-refractivity contribution is 9.11. The topological polar surface area (TPSA) is 75.7 Å². The van der Waals surface area contributed by atoms with Gasteiger partial charge in [-0.25, -0.2) is 0 Å². The standard InChI is InChI=1S/C30H30Br2N2O4/c1-3-34-22-10-6-12-24(35)28(22)27(29-23(34)11-7-13-25(29)36)19-14-18(31)15-20(32)30(19)38-16-26(37)33-21-9-5-4-8-17(21)2/h4-5,8-9,14-15,27H,3,6-7,10-13,16H2,1-2H3,(H,33,37). The molecule has 0 radical (unpaired) electrons. The van der Waals surface area contributed by atoms with Crippen molar-refractivity contribution in [3.05, 3.63) is 79.0 Å². The van der Waals surface area contributed by atoms with Crippen LogP contribution >= 0.6 is 31.9 Å². The molecule has 38 heavy (non-hydrogen) atoms. The van der Waals surface area contributed by atoms with Crippen LogP contribution in [0.5, 0.6) is 5.75 Å². The maximum atomic E-state index is 13.5. The number of halogens is 2. The van der Waals surface area contributed by atoms with E-state index in [1.165, 1.54) is 0 Å². The first-order valence-corrected chi connectivity index (χ1v) is 14.7. The Morgan fingerprint density at radius 1 is 1.00 bits per heavy atom. The minimum atomic E-state index is -0.522. The van der Waals surface area contributed by atoms with E-state index in [9.17, 15) is 14.4 Å². The number of ketones is 2. The van der Waals surface area contributed by atoms with Crippen molar-refractivity contribution >= 4 is 55.0 Å². The molecule has 1 heterocycles.